The fraction of sp³-hybridized carbons (Fsp3) is 0.368. The number of ether oxygens (including phenoxy) is 2. The molecule has 0 bridgehead atoms. The summed E-state index contributed by atoms with van der Waals surface area (Å²) < 4.78 is 10.4. The van der Waals surface area contributed by atoms with Crippen molar-refractivity contribution < 1.29 is 19.1 Å². The molecule has 1 aliphatic heterocycles. The maximum Gasteiger partial charge on any atom is 0.341 e. The van der Waals surface area contributed by atoms with Gasteiger partial charge in [0.05, 0.1) is 7.11 Å². The molecule has 2 aromatic rings. The molecule has 1 saturated heterocycles. The van der Waals surface area contributed by atoms with E-state index >= 15 is 0 Å². The number of anilines is 1. The quantitative estimate of drug-likeness (QED) is 0.840. The number of benzene rings is 1. The number of methoxy groups -OCH3 is 1. The summed E-state index contributed by atoms with van der Waals surface area (Å²) >= 11 is 1.33. The second-order valence-corrected chi connectivity index (χ2v) is 7.03. The average molecular weight is 359 g/mol. The number of amides is 1. The number of hydrogen-bond acceptors (Lipinski definition) is 5. The van der Waals surface area contributed by atoms with Gasteiger partial charge in [-0.05, 0) is 37.8 Å². The van der Waals surface area contributed by atoms with Crippen LogP contribution in [-0.4, -0.2) is 31.7 Å². The molecule has 6 heteroatoms. The first-order chi connectivity index (χ1) is 12.0. The van der Waals surface area contributed by atoms with Gasteiger partial charge in [0.2, 0.25) is 0 Å². The SMILES string of the molecule is COC(=O)c1c(-c2cc(C)ccc2C)csc1NC(=O)C1CCCO1. The predicted octanol–water partition coefficient (Wildman–Crippen LogP) is 3.94. The Kier molecular flexibility index (Phi) is 5.20. The molecule has 1 amide bonds. The van der Waals surface area contributed by atoms with E-state index in [1.165, 1.54) is 18.4 Å². The van der Waals surface area contributed by atoms with E-state index in [-0.39, 0.29) is 5.91 Å². The van der Waals surface area contributed by atoms with Crippen molar-refractivity contribution >= 4 is 28.2 Å². The van der Waals surface area contributed by atoms with Crippen LogP contribution in [-0.2, 0) is 14.3 Å². The highest BCUT2D eigenvalue weighted by molar-refractivity contribution is 7.15. The molecule has 132 valence electrons. The second-order valence-electron chi connectivity index (χ2n) is 6.15. The molecule has 25 heavy (non-hydrogen) atoms. The minimum atomic E-state index is -0.459. The fourth-order valence-corrected chi connectivity index (χ4v) is 3.91. The molecule has 3 rings (SSSR count). The first kappa shape index (κ1) is 17.6. The van der Waals surface area contributed by atoms with E-state index in [1.54, 1.807) is 0 Å². The van der Waals surface area contributed by atoms with Crippen molar-refractivity contribution in [3.05, 3.63) is 40.3 Å². The molecule has 1 aromatic heterocycles. The fourth-order valence-electron chi connectivity index (χ4n) is 2.96. The summed E-state index contributed by atoms with van der Waals surface area (Å²) in [7, 11) is 1.35. The molecule has 1 atom stereocenters. The minimum absolute atomic E-state index is 0.211. The number of esters is 1. The van der Waals surface area contributed by atoms with Gasteiger partial charge in [0.15, 0.2) is 0 Å². The number of rotatable bonds is 4. The van der Waals surface area contributed by atoms with Crippen molar-refractivity contribution in [2.75, 3.05) is 19.0 Å². The van der Waals surface area contributed by atoms with E-state index in [1.807, 2.05) is 37.4 Å². The highest BCUT2D eigenvalue weighted by Crippen LogP contribution is 2.38. The van der Waals surface area contributed by atoms with E-state index in [2.05, 4.69) is 5.32 Å². The smallest absolute Gasteiger partial charge is 0.341 e. The molecule has 0 saturated carbocycles. The lowest BCUT2D eigenvalue weighted by Crippen LogP contribution is -2.27. The van der Waals surface area contributed by atoms with E-state index in [0.29, 0.717) is 23.6 Å². The van der Waals surface area contributed by atoms with Crippen LogP contribution in [0.15, 0.2) is 23.6 Å². The number of nitrogens with one attached hydrogen (secondary N) is 1. The van der Waals surface area contributed by atoms with Crippen LogP contribution in [0.25, 0.3) is 11.1 Å². The lowest BCUT2D eigenvalue weighted by Gasteiger charge is -2.12. The van der Waals surface area contributed by atoms with Gasteiger partial charge in [-0.1, -0.05) is 23.8 Å². The molecule has 2 heterocycles. The van der Waals surface area contributed by atoms with Gasteiger partial charge in [-0.3, -0.25) is 4.79 Å². The van der Waals surface area contributed by atoms with Gasteiger partial charge in [-0.25, -0.2) is 4.79 Å². The summed E-state index contributed by atoms with van der Waals surface area (Å²) in [6.07, 6.45) is 1.13. The van der Waals surface area contributed by atoms with Crippen molar-refractivity contribution in [2.24, 2.45) is 0 Å². The standard InChI is InChI=1S/C19H21NO4S/c1-11-6-7-12(2)13(9-11)14-10-25-18(16(14)19(22)23-3)20-17(21)15-5-4-8-24-15/h6-7,9-10,15H,4-5,8H2,1-3H3,(H,20,21). The molecule has 1 aromatic carbocycles. The van der Waals surface area contributed by atoms with Crippen LogP contribution in [0.5, 0.6) is 0 Å². The maximum atomic E-state index is 12.4. The van der Waals surface area contributed by atoms with Crippen LogP contribution in [0.2, 0.25) is 0 Å². The topological polar surface area (TPSA) is 64.6 Å². The predicted molar refractivity (Wildman–Crippen MR) is 98.2 cm³/mol. The summed E-state index contributed by atoms with van der Waals surface area (Å²) in [4.78, 5) is 24.8. The van der Waals surface area contributed by atoms with Crippen LogP contribution in [0.1, 0.15) is 34.3 Å². The lowest BCUT2D eigenvalue weighted by molar-refractivity contribution is -0.124. The minimum Gasteiger partial charge on any atom is -0.465 e. The zero-order chi connectivity index (χ0) is 18.0. The summed E-state index contributed by atoms with van der Waals surface area (Å²) in [5, 5.41) is 5.24. The lowest BCUT2D eigenvalue weighted by atomic mass is 9.97. The summed E-state index contributed by atoms with van der Waals surface area (Å²) in [5.41, 5.74) is 4.31. The summed E-state index contributed by atoms with van der Waals surface area (Å²) in [6, 6.07) is 6.09. The van der Waals surface area contributed by atoms with Crippen molar-refractivity contribution in [3.8, 4) is 11.1 Å². The third-order valence-corrected chi connectivity index (χ3v) is 5.22. The molecular weight excluding hydrogens is 338 g/mol. The Balaban J connectivity index is 1.99. The van der Waals surface area contributed by atoms with Gasteiger partial charge in [0.1, 0.15) is 16.7 Å². The Hall–Kier alpha value is -2.18. The van der Waals surface area contributed by atoms with Crippen molar-refractivity contribution in [2.45, 2.75) is 32.8 Å². The normalized spacial score (nSPS) is 16.7. The van der Waals surface area contributed by atoms with E-state index in [0.717, 1.165) is 28.7 Å². The highest BCUT2D eigenvalue weighted by atomic mass is 32.1. The molecule has 0 radical (unpaired) electrons. The van der Waals surface area contributed by atoms with Gasteiger partial charge < -0.3 is 14.8 Å². The molecule has 1 fully saturated rings. The highest BCUT2D eigenvalue weighted by Gasteiger charge is 2.28. The first-order valence-electron chi connectivity index (χ1n) is 8.21. The van der Waals surface area contributed by atoms with Crippen LogP contribution in [0.3, 0.4) is 0 Å². The zero-order valence-electron chi connectivity index (χ0n) is 14.5. The Morgan fingerprint density at radius 2 is 2.08 bits per heavy atom. The van der Waals surface area contributed by atoms with Gasteiger partial charge in [-0.15, -0.1) is 11.3 Å². The van der Waals surface area contributed by atoms with Crippen LogP contribution in [0, 0.1) is 13.8 Å². The third-order valence-electron chi connectivity index (χ3n) is 4.32. The average Bonchev–Trinajstić information content (AvgIpc) is 3.26. The summed E-state index contributed by atoms with van der Waals surface area (Å²) in [6.45, 7) is 4.60. The number of thiophene rings is 1. The van der Waals surface area contributed by atoms with Gasteiger partial charge in [0, 0.05) is 17.6 Å². The number of carbonyl (C=O) groups excluding carboxylic acids is 2. The molecule has 1 N–H and O–H groups in total. The van der Waals surface area contributed by atoms with Crippen LogP contribution in [0.4, 0.5) is 5.00 Å². The number of hydrogen-bond donors (Lipinski definition) is 1. The van der Waals surface area contributed by atoms with Gasteiger partial charge in [-0.2, -0.15) is 0 Å². The van der Waals surface area contributed by atoms with Gasteiger partial charge in [0.25, 0.3) is 5.91 Å². The zero-order valence-corrected chi connectivity index (χ0v) is 15.4. The molecule has 1 aliphatic rings. The Morgan fingerprint density at radius 1 is 1.28 bits per heavy atom. The van der Waals surface area contributed by atoms with Crippen LogP contribution >= 0.6 is 11.3 Å². The van der Waals surface area contributed by atoms with E-state index < -0.39 is 12.1 Å². The van der Waals surface area contributed by atoms with Crippen molar-refractivity contribution in [3.63, 3.8) is 0 Å². The van der Waals surface area contributed by atoms with Crippen molar-refractivity contribution in [1.82, 2.24) is 0 Å². The molecule has 1 unspecified atom stereocenters. The summed E-state index contributed by atoms with van der Waals surface area (Å²) in [5.74, 6) is -0.670. The molecular formula is C19H21NO4S. The van der Waals surface area contributed by atoms with E-state index in [9.17, 15) is 9.59 Å². The molecule has 0 aliphatic carbocycles. The maximum absolute atomic E-state index is 12.4. The largest absolute Gasteiger partial charge is 0.465 e. The third kappa shape index (κ3) is 3.60. The van der Waals surface area contributed by atoms with Crippen molar-refractivity contribution in [1.29, 1.82) is 0 Å². The Bertz CT molecular complexity index is 806. The van der Waals surface area contributed by atoms with E-state index in [4.69, 9.17) is 9.47 Å². The van der Waals surface area contributed by atoms with Gasteiger partial charge >= 0.3 is 5.97 Å². The Morgan fingerprint density at radius 3 is 2.76 bits per heavy atom. The molecule has 5 nitrogen and oxygen atoms in total. The number of aryl methyl sites for hydroxylation is 2. The van der Waals surface area contributed by atoms with Crippen LogP contribution < -0.4 is 5.32 Å². The number of carbonyl (C=O) groups is 2. The second kappa shape index (κ2) is 7.37. The Labute approximate surface area is 151 Å². The molecule has 0 spiro atoms. The first-order valence-corrected chi connectivity index (χ1v) is 9.09. The monoisotopic (exact) mass is 359 g/mol.